The van der Waals surface area contributed by atoms with E-state index < -0.39 is 36.2 Å². The molecule has 4 N–H and O–H groups in total. The highest BCUT2D eigenvalue weighted by atomic mass is 79.9. The zero-order valence-corrected chi connectivity index (χ0v) is 12.4. The average molecular weight is 363 g/mol. The summed E-state index contributed by atoms with van der Waals surface area (Å²) in [6.45, 7) is 1.55. The van der Waals surface area contributed by atoms with Crippen molar-refractivity contribution in [3.63, 3.8) is 0 Å². The summed E-state index contributed by atoms with van der Waals surface area (Å²) in [6, 6.07) is 0.0417. The SMILES string of the molecule is Cc1cc(F)c(Br)cc1NC(=O)NC(CC(=O)O)C(=O)O. The summed E-state index contributed by atoms with van der Waals surface area (Å²) in [6.07, 6.45) is -0.755. The molecule has 0 heterocycles. The van der Waals surface area contributed by atoms with Gasteiger partial charge in [0.25, 0.3) is 0 Å². The molecule has 1 unspecified atom stereocenters. The molecule has 1 aromatic carbocycles. The second kappa shape index (κ2) is 7.02. The lowest BCUT2D eigenvalue weighted by Crippen LogP contribution is -2.44. The first kappa shape index (κ1) is 16.9. The Kier molecular flexibility index (Phi) is 5.65. The van der Waals surface area contributed by atoms with Gasteiger partial charge in [-0.25, -0.2) is 14.0 Å². The van der Waals surface area contributed by atoms with Crippen LogP contribution in [0.5, 0.6) is 0 Å². The van der Waals surface area contributed by atoms with Gasteiger partial charge in [0.2, 0.25) is 0 Å². The van der Waals surface area contributed by atoms with Crippen LogP contribution in [0.3, 0.4) is 0 Å². The van der Waals surface area contributed by atoms with Gasteiger partial charge in [-0.15, -0.1) is 0 Å². The van der Waals surface area contributed by atoms with Crippen molar-refractivity contribution in [3.8, 4) is 0 Å². The lowest BCUT2D eigenvalue weighted by molar-refractivity contribution is -0.145. The zero-order chi connectivity index (χ0) is 16.2. The molecule has 0 aromatic heterocycles. The van der Waals surface area contributed by atoms with E-state index >= 15 is 0 Å². The van der Waals surface area contributed by atoms with E-state index in [-0.39, 0.29) is 10.2 Å². The van der Waals surface area contributed by atoms with Crippen molar-refractivity contribution < 1.29 is 29.0 Å². The van der Waals surface area contributed by atoms with Crippen molar-refractivity contribution in [2.75, 3.05) is 5.32 Å². The summed E-state index contributed by atoms with van der Waals surface area (Å²) in [5, 5.41) is 21.7. The number of carbonyl (C=O) groups is 3. The number of aryl methyl sites for hydroxylation is 1. The molecule has 0 fully saturated rings. The largest absolute Gasteiger partial charge is 0.481 e. The summed E-state index contributed by atoms with van der Waals surface area (Å²) in [5.74, 6) is -3.33. The van der Waals surface area contributed by atoms with E-state index in [2.05, 4.69) is 21.2 Å². The Labute approximate surface area is 127 Å². The Morgan fingerprint density at radius 3 is 2.48 bits per heavy atom. The van der Waals surface area contributed by atoms with Crippen molar-refractivity contribution in [1.82, 2.24) is 5.32 Å². The minimum absolute atomic E-state index is 0.128. The van der Waals surface area contributed by atoms with Crippen molar-refractivity contribution in [2.45, 2.75) is 19.4 Å². The third-order valence-electron chi connectivity index (χ3n) is 2.50. The standard InChI is InChI=1S/C12H12BrFN2O5/c1-5-2-7(14)6(13)3-8(5)15-12(21)16-9(11(19)20)4-10(17)18/h2-3,9H,4H2,1H3,(H,17,18)(H,19,20)(H2,15,16,21). The molecule has 1 aromatic rings. The lowest BCUT2D eigenvalue weighted by atomic mass is 10.2. The number of hydrogen-bond donors (Lipinski definition) is 4. The van der Waals surface area contributed by atoms with E-state index in [1.807, 2.05) is 5.32 Å². The maximum Gasteiger partial charge on any atom is 0.326 e. The molecule has 1 rings (SSSR count). The van der Waals surface area contributed by atoms with E-state index in [0.29, 0.717) is 5.56 Å². The normalized spacial score (nSPS) is 11.6. The van der Waals surface area contributed by atoms with Gasteiger partial charge in [-0.2, -0.15) is 0 Å². The zero-order valence-electron chi connectivity index (χ0n) is 10.8. The van der Waals surface area contributed by atoms with E-state index in [1.54, 1.807) is 6.92 Å². The third kappa shape index (κ3) is 5.03. The molecule has 21 heavy (non-hydrogen) atoms. The number of carboxylic acids is 2. The Morgan fingerprint density at radius 2 is 1.95 bits per heavy atom. The first-order valence-corrected chi connectivity index (χ1v) is 6.47. The smallest absolute Gasteiger partial charge is 0.326 e. The van der Waals surface area contributed by atoms with Crippen LogP contribution in [0.4, 0.5) is 14.9 Å². The number of hydrogen-bond acceptors (Lipinski definition) is 3. The molecule has 114 valence electrons. The van der Waals surface area contributed by atoms with Gasteiger partial charge in [0.15, 0.2) is 0 Å². The first-order valence-electron chi connectivity index (χ1n) is 5.68. The summed E-state index contributed by atoms with van der Waals surface area (Å²) < 4.78 is 13.4. The van der Waals surface area contributed by atoms with Crippen LogP contribution in [0.2, 0.25) is 0 Å². The van der Waals surface area contributed by atoms with Crippen molar-refractivity contribution in [2.24, 2.45) is 0 Å². The fourth-order valence-electron chi connectivity index (χ4n) is 1.47. The Balaban J connectivity index is 2.79. The number of aliphatic carboxylic acids is 2. The number of rotatable bonds is 5. The molecular weight excluding hydrogens is 351 g/mol. The topological polar surface area (TPSA) is 116 Å². The summed E-state index contributed by atoms with van der Waals surface area (Å²) in [7, 11) is 0. The number of nitrogens with one attached hydrogen (secondary N) is 2. The number of halogens is 2. The molecular formula is C12H12BrFN2O5. The minimum Gasteiger partial charge on any atom is -0.481 e. The van der Waals surface area contributed by atoms with E-state index in [9.17, 15) is 18.8 Å². The Hall–Kier alpha value is -2.16. The van der Waals surface area contributed by atoms with Crippen LogP contribution >= 0.6 is 15.9 Å². The molecule has 7 nitrogen and oxygen atoms in total. The van der Waals surface area contributed by atoms with Gasteiger partial charge in [-0.1, -0.05) is 0 Å². The predicted octanol–water partition coefficient (Wildman–Crippen LogP) is 1.95. The highest BCUT2D eigenvalue weighted by molar-refractivity contribution is 9.10. The molecule has 0 aliphatic heterocycles. The number of amides is 2. The molecule has 0 saturated carbocycles. The van der Waals surface area contributed by atoms with Gasteiger partial charge < -0.3 is 20.8 Å². The molecule has 9 heteroatoms. The number of anilines is 1. The van der Waals surface area contributed by atoms with Crippen LogP contribution in [0.25, 0.3) is 0 Å². The third-order valence-corrected chi connectivity index (χ3v) is 3.11. The highest BCUT2D eigenvalue weighted by Crippen LogP contribution is 2.24. The second-order valence-corrected chi connectivity index (χ2v) is 5.02. The highest BCUT2D eigenvalue weighted by Gasteiger charge is 2.23. The first-order chi connectivity index (χ1) is 9.70. The number of urea groups is 1. The van der Waals surface area contributed by atoms with Crippen LogP contribution in [-0.4, -0.2) is 34.2 Å². The molecule has 1 atom stereocenters. The van der Waals surface area contributed by atoms with Gasteiger partial charge in [0.05, 0.1) is 10.9 Å². The maximum absolute atomic E-state index is 13.2. The molecule has 0 spiro atoms. The van der Waals surface area contributed by atoms with Crippen LogP contribution in [0, 0.1) is 12.7 Å². The minimum atomic E-state index is -1.56. The van der Waals surface area contributed by atoms with Crippen LogP contribution in [0.1, 0.15) is 12.0 Å². The Morgan fingerprint density at radius 1 is 1.33 bits per heavy atom. The molecule has 0 aliphatic rings. The summed E-state index contributed by atoms with van der Waals surface area (Å²) in [4.78, 5) is 33.0. The fraction of sp³-hybridized carbons (Fsp3) is 0.250. The van der Waals surface area contributed by atoms with E-state index in [4.69, 9.17) is 10.2 Å². The molecule has 0 radical (unpaired) electrons. The van der Waals surface area contributed by atoms with Crippen molar-refractivity contribution >= 4 is 39.6 Å². The van der Waals surface area contributed by atoms with Gasteiger partial charge in [-0.3, -0.25) is 4.79 Å². The molecule has 0 bridgehead atoms. The number of benzene rings is 1. The summed E-state index contributed by atoms with van der Waals surface area (Å²) in [5.41, 5.74) is 0.691. The lowest BCUT2D eigenvalue weighted by Gasteiger charge is -2.14. The Bertz CT molecular complexity index is 593. The van der Waals surface area contributed by atoms with Crippen LogP contribution in [-0.2, 0) is 9.59 Å². The van der Waals surface area contributed by atoms with Crippen molar-refractivity contribution in [3.05, 3.63) is 28.0 Å². The molecule has 0 aliphatic carbocycles. The number of carbonyl (C=O) groups excluding carboxylic acids is 1. The maximum atomic E-state index is 13.2. The van der Waals surface area contributed by atoms with Gasteiger partial charge in [0.1, 0.15) is 11.9 Å². The van der Waals surface area contributed by atoms with Gasteiger partial charge in [-0.05, 0) is 40.5 Å². The second-order valence-electron chi connectivity index (χ2n) is 4.17. The van der Waals surface area contributed by atoms with Gasteiger partial charge >= 0.3 is 18.0 Å². The molecule has 0 saturated heterocycles. The van der Waals surface area contributed by atoms with Crippen molar-refractivity contribution in [1.29, 1.82) is 0 Å². The quantitative estimate of drug-likeness (QED) is 0.638. The van der Waals surface area contributed by atoms with Crippen LogP contribution < -0.4 is 10.6 Å². The van der Waals surface area contributed by atoms with Crippen LogP contribution in [0.15, 0.2) is 16.6 Å². The fourth-order valence-corrected chi connectivity index (χ4v) is 1.82. The number of carboxylic acid groups (broad SMARTS) is 2. The van der Waals surface area contributed by atoms with Gasteiger partial charge in [0, 0.05) is 5.69 Å². The predicted molar refractivity (Wildman–Crippen MR) is 74.7 cm³/mol. The summed E-state index contributed by atoms with van der Waals surface area (Å²) >= 11 is 2.96. The molecule has 2 amide bonds. The average Bonchev–Trinajstić information content (AvgIpc) is 2.34. The monoisotopic (exact) mass is 362 g/mol. The van der Waals surface area contributed by atoms with E-state index in [1.165, 1.54) is 12.1 Å². The van der Waals surface area contributed by atoms with E-state index in [0.717, 1.165) is 0 Å².